The zero-order valence-corrected chi connectivity index (χ0v) is 21.6. The highest BCUT2D eigenvalue weighted by Crippen LogP contribution is 2.44. The molecule has 2 nitrogen and oxygen atoms in total. The summed E-state index contributed by atoms with van der Waals surface area (Å²) in [5, 5.41) is 0. The lowest BCUT2D eigenvalue weighted by Crippen LogP contribution is -2.32. The Morgan fingerprint density at radius 2 is 1.38 bits per heavy atom. The standard InChI is InChI=1S/C30H28F8O2/c1-2-3-18-4-11-22(12-5-18)39-17-29(34,35)40-23-15-26(32)28(27(33)16-23)20-8-13-24(25(31)14-20)19-6-9-21(10-7-19)30(36,37)38/h4-5,8,11-16,19,21H,2-3,6-7,9-10,17H2,1H3. The van der Waals surface area contributed by atoms with Gasteiger partial charge in [0.15, 0.2) is 6.61 Å². The van der Waals surface area contributed by atoms with Crippen LogP contribution in [0.4, 0.5) is 35.1 Å². The van der Waals surface area contributed by atoms with Crippen LogP contribution in [0.25, 0.3) is 11.1 Å². The summed E-state index contributed by atoms with van der Waals surface area (Å²) in [6.07, 6.45) is -6.43. The maximum absolute atomic E-state index is 14.9. The van der Waals surface area contributed by atoms with Crippen molar-refractivity contribution in [2.45, 2.75) is 63.7 Å². The van der Waals surface area contributed by atoms with Gasteiger partial charge in [0.2, 0.25) is 0 Å². The highest BCUT2D eigenvalue weighted by atomic mass is 19.4. The molecule has 0 aromatic heterocycles. The molecule has 40 heavy (non-hydrogen) atoms. The SMILES string of the molecule is CCCc1ccc(OCC(F)(F)Oc2cc(F)c(-c3ccc(C4CCC(C(F)(F)F)CC4)c(F)c3)c(F)c2)cc1. The molecule has 216 valence electrons. The number of halogens is 8. The molecule has 0 spiro atoms. The monoisotopic (exact) mass is 572 g/mol. The maximum atomic E-state index is 14.9. The molecule has 0 amide bonds. The summed E-state index contributed by atoms with van der Waals surface area (Å²) in [4.78, 5) is 0. The van der Waals surface area contributed by atoms with Crippen LogP contribution < -0.4 is 9.47 Å². The smallest absolute Gasteiger partial charge is 0.433 e. The molecule has 0 radical (unpaired) electrons. The fourth-order valence-corrected chi connectivity index (χ4v) is 5.04. The predicted octanol–water partition coefficient (Wildman–Crippen LogP) is 9.61. The minimum atomic E-state index is -4.30. The van der Waals surface area contributed by atoms with Crippen LogP contribution in [0.3, 0.4) is 0 Å². The van der Waals surface area contributed by atoms with E-state index in [2.05, 4.69) is 4.74 Å². The van der Waals surface area contributed by atoms with Crippen molar-refractivity contribution in [3.63, 3.8) is 0 Å². The van der Waals surface area contributed by atoms with Gasteiger partial charge in [0.25, 0.3) is 0 Å². The van der Waals surface area contributed by atoms with Crippen molar-refractivity contribution >= 4 is 0 Å². The Balaban J connectivity index is 1.43. The zero-order chi connectivity index (χ0) is 29.1. The Bertz CT molecular complexity index is 1270. The Labute approximate surface area is 226 Å². The quantitative estimate of drug-likeness (QED) is 0.238. The number of alkyl halides is 5. The number of benzene rings is 3. The topological polar surface area (TPSA) is 18.5 Å². The molecule has 1 aliphatic carbocycles. The molecule has 0 aliphatic heterocycles. The number of hydrogen-bond acceptors (Lipinski definition) is 2. The van der Waals surface area contributed by atoms with Crippen LogP contribution in [0.5, 0.6) is 11.5 Å². The Morgan fingerprint density at radius 1 is 0.750 bits per heavy atom. The molecule has 0 saturated heterocycles. The van der Waals surface area contributed by atoms with Gasteiger partial charge in [0, 0.05) is 12.1 Å². The van der Waals surface area contributed by atoms with Crippen LogP contribution >= 0.6 is 0 Å². The molecule has 4 rings (SSSR count). The number of ether oxygens (including phenoxy) is 2. The second-order valence-corrected chi connectivity index (χ2v) is 10.0. The van der Waals surface area contributed by atoms with Gasteiger partial charge < -0.3 is 9.47 Å². The van der Waals surface area contributed by atoms with Crippen LogP contribution in [0.15, 0.2) is 54.6 Å². The van der Waals surface area contributed by atoms with Gasteiger partial charge in [-0.25, -0.2) is 13.2 Å². The third kappa shape index (κ3) is 7.26. The summed E-state index contributed by atoms with van der Waals surface area (Å²) in [5.41, 5.74) is 0.356. The van der Waals surface area contributed by atoms with Crippen LogP contribution in [0, 0.1) is 23.4 Å². The first-order valence-corrected chi connectivity index (χ1v) is 13.0. The molecule has 10 heteroatoms. The van der Waals surface area contributed by atoms with Crippen molar-refractivity contribution in [2.24, 2.45) is 5.92 Å². The van der Waals surface area contributed by atoms with E-state index in [-0.39, 0.29) is 42.6 Å². The van der Waals surface area contributed by atoms with Gasteiger partial charge in [0.05, 0.1) is 11.5 Å². The van der Waals surface area contributed by atoms with E-state index in [1.54, 1.807) is 12.1 Å². The third-order valence-corrected chi connectivity index (χ3v) is 7.07. The van der Waals surface area contributed by atoms with E-state index in [9.17, 15) is 35.1 Å². The van der Waals surface area contributed by atoms with Gasteiger partial charge >= 0.3 is 12.3 Å². The number of aryl methyl sites for hydroxylation is 1. The summed E-state index contributed by atoms with van der Waals surface area (Å²) < 4.78 is 122. The van der Waals surface area contributed by atoms with E-state index in [1.165, 1.54) is 24.3 Å². The second-order valence-electron chi connectivity index (χ2n) is 10.0. The Hall–Kier alpha value is -3.30. The minimum absolute atomic E-state index is 0.124. The lowest BCUT2D eigenvalue weighted by atomic mass is 9.78. The number of rotatable bonds is 9. The fourth-order valence-electron chi connectivity index (χ4n) is 5.04. The Morgan fingerprint density at radius 3 is 1.93 bits per heavy atom. The lowest BCUT2D eigenvalue weighted by molar-refractivity contribution is -0.195. The summed E-state index contributed by atoms with van der Waals surface area (Å²) in [6, 6.07) is 11.1. The van der Waals surface area contributed by atoms with E-state index >= 15 is 0 Å². The molecular weight excluding hydrogens is 544 g/mol. The molecule has 0 unspecified atom stereocenters. The van der Waals surface area contributed by atoms with Crippen LogP contribution in [0.1, 0.15) is 56.1 Å². The lowest BCUT2D eigenvalue weighted by Gasteiger charge is -2.30. The molecule has 1 aliphatic rings. The molecule has 0 N–H and O–H groups in total. The van der Waals surface area contributed by atoms with E-state index in [0.29, 0.717) is 12.1 Å². The number of hydrogen-bond donors (Lipinski definition) is 0. The van der Waals surface area contributed by atoms with E-state index < -0.39 is 59.5 Å². The van der Waals surface area contributed by atoms with Gasteiger partial charge in [-0.2, -0.15) is 22.0 Å². The first-order chi connectivity index (χ1) is 18.9. The average Bonchev–Trinajstić information content (AvgIpc) is 2.87. The summed E-state index contributed by atoms with van der Waals surface area (Å²) in [7, 11) is 0. The zero-order valence-electron chi connectivity index (χ0n) is 21.6. The van der Waals surface area contributed by atoms with E-state index in [1.807, 2.05) is 6.92 Å². The van der Waals surface area contributed by atoms with E-state index in [0.717, 1.165) is 24.5 Å². The summed E-state index contributed by atoms with van der Waals surface area (Å²) in [5.74, 6) is -5.80. The van der Waals surface area contributed by atoms with Crippen LogP contribution in [0.2, 0.25) is 0 Å². The van der Waals surface area contributed by atoms with Crippen molar-refractivity contribution in [3.05, 3.63) is 83.2 Å². The molecule has 0 heterocycles. The minimum Gasteiger partial charge on any atom is -0.483 e. The largest absolute Gasteiger partial charge is 0.483 e. The molecule has 1 fully saturated rings. The maximum Gasteiger partial charge on any atom is 0.433 e. The van der Waals surface area contributed by atoms with Gasteiger partial charge in [0.1, 0.15) is 29.0 Å². The van der Waals surface area contributed by atoms with Gasteiger partial charge in [-0.05, 0) is 72.9 Å². The highest BCUT2D eigenvalue weighted by Gasteiger charge is 2.42. The van der Waals surface area contributed by atoms with Gasteiger partial charge in [-0.1, -0.05) is 37.6 Å². The van der Waals surface area contributed by atoms with Crippen molar-refractivity contribution in [3.8, 4) is 22.6 Å². The summed E-state index contributed by atoms with van der Waals surface area (Å²) >= 11 is 0. The van der Waals surface area contributed by atoms with Crippen LogP contribution in [-0.4, -0.2) is 18.9 Å². The molecule has 0 atom stereocenters. The first kappa shape index (κ1) is 29.7. The van der Waals surface area contributed by atoms with Crippen LogP contribution in [-0.2, 0) is 6.42 Å². The fraction of sp³-hybridized carbons (Fsp3) is 0.400. The van der Waals surface area contributed by atoms with E-state index in [4.69, 9.17) is 4.74 Å². The van der Waals surface area contributed by atoms with Crippen molar-refractivity contribution < 1.29 is 44.6 Å². The highest BCUT2D eigenvalue weighted by molar-refractivity contribution is 5.66. The molecule has 1 saturated carbocycles. The third-order valence-electron chi connectivity index (χ3n) is 7.07. The molecule has 3 aromatic carbocycles. The first-order valence-electron chi connectivity index (χ1n) is 13.0. The summed E-state index contributed by atoms with van der Waals surface area (Å²) in [6.45, 7) is 0.801. The van der Waals surface area contributed by atoms with Crippen molar-refractivity contribution in [2.75, 3.05) is 6.61 Å². The van der Waals surface area contributed by atoms with Crippen molar-refractivity contribution in [1.29, 1.82) is 0 Å². The van der Waals surface area contributed by atoms with Gasteiger partial charge in [-0.3, -0.25) is 0 Å². The Kier molecular flexibility index (Phi) is 8.95. The van der Waals surface area contributed by atoms with Gasteiger partial charge in [-0.15, -0.1) is 0 Å². The average molecular weight is 573 g/mol. The van der Waals surface area contributed by atoms with Crippen molar-refractivity contribution in [1.82, 2.24) is 0 Å². The predicted molar refractivity (Wildman–Crippen MR) is 134 cm³/mol. The molecule has 3 aromatic rings. The second kappa shape index (κ2) is 12.1. The molecule has 0 bridgehead atoms. The molecular formula is C30H28F8O2. The normalized spacial score (nSPS) is 18.0.